The van der Waals surface area contributed by atoms with E-state index >= 15 is 0 Å². The van der Waals surface area contributed by atoms with Gasteiger partial charge in [0.05, 0.1) is 6.54 Å². The minimum atomic E-state index is 0. The van der Waals surface area contributed by atoms with Gasteiger partial charge < -0.3 is 29.1 Å². The van der Waals surface area contributed by atoms with Crippen LogP contribution in [0.3, 0.4) is 0 Å². The van der Waals surface area contributed by atoms with Crippen molar-refractivity contribution in [3.05, 3.63) is 224 Å². The molecule has 59 heavy (non-hydrogen) atoms. The van der Waals surface area contributed by atoms with E-state index in [1.807, 2.05) is 36.4 Å². The van der Waals surface area contributed by atoms with Crippen LogP contribution in [0.15, 0.2) is 176 Å². The van der Waals surface area contributed by atoms with E-state index in [-0.39, 0.29) is 26.1 Å². The van der Waals surface area contributed by atoms with Crippen molar-refractivity contribution in [2.24, 2.45) is 0 Å². The van der Waals surface area contributed by atoms with Crippen molar-refractivity contribution in [1.29, 1.82) is 0 Å². The van der Waals surface area contributed by atoms with Crippen molar-refractivity contribution in [3.8, 4) is 0 Å². The molecule has 0 spiro atoms. The summed E-state index contributed by atoms with van der Waals surface area (Å²) in [6.45, 7) is 10.5. The maximum atomic E-state index is 3.74. The molecule has 0 saturated carbocycles. The van der Waals surface area contributed by atoms with E-state index < -0.39 is 0 Å². The van der Waals surface area contributed by atoms with Crippen LogP contribution in [-0.4, -0.2) is 71.4 Å². The van der Waals surface area contributed by atoms with Gasteiger partial charge in [-0.1, -0.05) is 91.0 Å². The molecule has 7 nitrogen and oxygen atoms in total. The fraction of sp³-hybridized carbons (Fsp3) is 0.157. The Morgan fingerprint density at radius 2 is 1.00 bits per heavy atom. The van der Waals surface area contributed by atoms with Gasteiger partial charge in [-0.3, -0.25) is 4.90 Å². The summed E-state index contributed by atoms with van der Waals surface area (Å²) in [5, 5.41) is 0. The molecular formula is C51H46IrN7-5. The standard InChI is InChI=1S/C51H46N7.Ir/c1-7-19-43(20-8-1)49-37-53(40-56(49)46-25-13-4-14-26-46)34-31-52(32-35-54-38-50(44-21-9-2-10-22-44)57(41-54)47-27-15-5-16-28-47)33-36-55-39-51(45-23-11-3-12-24-45)58(42-55)48-29-17-6-18-30-48;/h1-25,27,29,37-38,40-41,51H,31-36,39H2;/q-5;. The van der Waals surface area contributed by atoms with Crippen molar-refractivity contribution in [1.82, 2.24) is 14.7 Å². The van der Waals surface area contributed by atoms with Crippen LogP contribution >= 0.6 is 0 Å². The number of hydrogen-bond acceptors (Lipinski definition) is 6. The topological polar surface area (TPSA) is 22.5 Å². The van der Waals surface area contributed by atoms with Gasteiger partial charge in [0.15, 0.2) is 0 Å². The van der Waals surface area contributed by atoms with Gasteiger partial charge in [-0.05, 0) is 29.1 Å². The van der Waals surface area contributed by atoms with Gasteiger partial charge >= 0.3 is 0 Å². The quantitative estimate of drug-likeness (QED) is 0.0755. The SMILES string of the molecule is [C-]1=[N+](CCN(CCN2C=C(c3ccccc3)N(c3[c-]cccc3)[CH-]2)CCN2C=C(c3ccccc3)N(c3[c-]cccc3)[CH-]2)CC(c2ccccc2)N1c1[c-]cccc1.[Ir]. The Labute approximate surface area is 363 Å². The summed E-state index contributed by atoms with van der Waals surface area (Å²) in [6, 6.07) is 67.1. The minimum Gasteiger partial charge on any atom is -0.506 e. The first kappa shape index (κ1) is 39.9. The third-order valence-electron chi connectivity index (χ3n) is 10.8. The number of anilines is 3. The average Bonchev–Trinajstić information content (AvgIpc) is 4.06. The first-order valence-corrected chi connectivity index (χ1v) is 20.1. The largest absolute Gasteiger partial charge is 0.506 e. The Bertz CT molecular complexity index is 2190. The molecule has 3 aliphatic rings. The van der Waals surface area contributed by atoms with Gasteiger partial charge in [0.25, 0.3) is 0 Å². The van der Waals surface area contributed by atoms with Crippen molar-refractivity contribution in [2.75, 3.05) is 60.5 Å². The molecule has 0 N–H and O–H groups in total. The molecular weight excluding hydrogens is 903 g/mol. The van der Waals surface area contributed by atoms with Gasteiger partial charge in [0.1, 0.15) is 18.9 Å². The second-order valence-electron chi connectivity index (χ2n) is 14.6. The molecule has 0 aromatic heterocycles. The number of nitrogens with zero attached hydrogens (tertiary/aromatic N) is 7. The smallest absolute Gasteiger partial charge is 0.130 e. The number of hydrogen-bond donors (Lipinski definition) is 0. The van der Waals surface area contributed by atoms with Gasteiger partial charge in [-0.15, -0.1) is 17.1 Å². The van der Waals surface area contributed by atoms with E-state index in [4.69, 9.17) is 0 Å². The van der Waals surface area contributed by atoms with E-state index in [0.717, 1.165) is 74.3 Å². The zero-order valence-electron chi connectivity index (χ0n) is 32.9. The van der Waals surface area contributed by atoms with Crippen LogP contribution in [0.5, 0.6) is 0 Å². The molecule has 1 unspecified atom stereocenters. The van der Waals surface area contributed by atoms with E-state index in [2.05, 4.69) is 212 Å². The number of para-hydroxylation sites is 3. The predicted octanol–water partition coefficient (Wildman–Crippen LogP) is 8.75. The summed E-state index contributed by atoms with van der Waals surface area (Å²) >= 11 is 0. The van der Waals surface area contributed by atoms with E-state index in [1.165, 1.54) is 16.7 Å². The van der Waals surface area contributed by atoms with Crippen molar-refractivity contribution < 1.29 is 24.7 Å². The first-order valence-electron chi connectivity index (χ1n) is 20.1. The van der Waals surface area contributed by atoms with E-state index in [9.17, 15) is 0 Å². The molecule has 3 aliphatic heterocycles. The molecule has 9 rings (SSSR count). The normalized spacial score (nSPS) is 16.3. The Hall–Kier alpha value is -5.92. The molecule has 6 aromatic rings. The minimum absolute atomic E-state index is 0. The monoisotopic (exact) mass is 949 g/mol. The molecule has 299 valence electrons. The molecule has 6 aromatic carbocycles. The Kier molecular flexibility index (Phi) is 13.0. The van der Waals surface area contributed by atoms with Crippen molar-refractivity contribution in [3.63, 3.8) is 0 Å². The van der Waals surface area contributed by atoms with Crippen LogP contribution in [0.1, 0.15) is 22.7 Å². The maximum Gasteiger partial charge on any atom is 0.130 e. The molecule has 0 amide bonds. The molecule has 1 atom stereocenters. The van der Waals surface area contributed by atoms with Gasteiger partial charge in [0, 0.05) is 64.2 Å². The number of benzene rings is 6. The van der Waals surface area contributed by atoms with Crippen LogP contribution in [0.25, 0.3) is 11.4 Å². The van der Waals surface area contributed by atoms with Gasteiger partial charge in [-0.25, -0.2) is 12.1 Å². The molecule has 3 heterocycles. The van der Waals surface area contributed by atoms with E-state index in [1.54, 1.807) is 0 Å². The second kappa shape index (κ2) is 19.2. The third-order valence-corrected chi connectivity index (χ3v) is 10.8. The van der Waals surface area contributed by atoms with Crippen molar-refractivity contribution in [2.45, 2.75) is 6.04 Å². The first-order chi connectivity index (χ1) is 28.7. The van der Waals surface area contributed by atoms with Crippen LogP contribution in [0.4, 0.5) is 17.1 Å². The predicted molar refractivity (Wildman–Crippen MR) is 235 cm³/mol. The summed E-state index contributed by atoms with van der Waals surface area (Å²) in [5.74, 6) is 0. The summed E-state index contributed by atoms with van der Waals surface area (Å²) < 4.78 is 2.36. The van der Waals surface area contributed by atoms with Crippen LogP contribution in [-0.2, 0) is 20.1 Å². The molecule has 1 radical (unpaired) electrons. The molecule has 0 saturated heterocycles. The summed E-state index contributed by atoms with van der Waals surface area (Å²) in [6.07, 6.45) is 8.28. The molecule has 8 heteroatoms. The zero-order valence-corrected chi connectivity index (χ0v) is 35.3. The fourth-order valence-corrected chi connectivity index (χ4v) is 7.76. The molecule has 0 aliphatic carbocycles. The van der Waals surface area contributed by atoms with Crippen molar-refractivity contribution >= 4 is 34.8 Å². The Morgan fingerprint density at radius 3 is 1.47 bits per heavy atom. The average molecular weight is 949 g/mol. The fourth-order valence-electron chi connectivity index (χ4n) is 7.76. The summed E-state index contributed by atoms with van der Waals surface area (Å²) in [7, 11) is 0. The van der Waals surface area contributed by atoms with Crippen LogP contribution in [0.2, 0.25) is 0 Å². The van der Waals surface area contributed by atoms with Gasteiger partial charge in [0.2, 0.25) is 0 Å². The third kappa shape index (κ3) is 9.53. The second-order valence-corrected chi connectivity index (χ2v) is 14.6. The van der Waals surface area contributed by atoms with Gasteiger partial charge in [-0.2, -0.15) is 92.2 Å². The van der Waals surface area contributed by atoms with E-state index in [0.29, 0.717) is 0 Å². The zero-order chi connectivity index (χ0) is 38.9. The molecule has 0 fully saturated rings. The summed E-state index contributed by atoms with van der Waals surface area (Å²) in [4.78, 5) is 14.0. The summed E-state index contributed by atoms with van der Waals surface area (Å²) in [5.41, 5.74) is 9.00. The number of rotatable bonds is 15. The Balaban J connectivity index is 0.00000484. The molecule has 0 bridgehead atoms. The maximum absolute atomic E-state index is 3.74. The van der Waals surface area contributed by atoms with Crippen LogP contribution in [0, 0.1) is 31.5 Å². The Morgan fingerprint density at radius 1 is 0.542 bits per heavy atom. The van der Waals surface area contributed by atoms with Crippen LogP contribution < -0.4 is 14.7 Å².